The maximum absolute atomic E-state index is 11.7. The number of rotatable bonds is 5. The zero-order valence-electron chi connectivity index (χ0n) is 13.2. The van der Waals surface area contributed by atoms with Crippen LogP contribution in [0.2, 0.25) is 0 Å². The first-order chi connectivity index (χ1) is 9.19. The minimum absolute atomic E-state index is 0.0182. The molecule has 1 aromatic carbocycles. The van der Waals surface area contributed by atoms with E-state index in [1.807, 2.05) is 45.0 Å². The van der Waals surface area contributed by atoms with E-state index in [1.54, 1.807) is 0 Å². The summed E-state index contributed by atoms with van der Waals surface area (Å²) in [5.74, 6) is 0.461. The molecule has 3 heteroatoms. The Kier molecular flexibility index (Phi) is 5.75. The first-order valence-corrected chi connectivity index (χ1v) is 7.23. The first kappa shape index (κ1) is 16.7. The predicted octanol–water partition coefficient (Wildman–Crippen LogP) is 3.40. The molecule has 0 fully saturated rings. The number of aliphatic hydroxyl groups is 1. The number of hydrogen-bond acceptors (Lipinski definition) is 2. The third-order valence-electron chi connectivity index (χ3n) is 3.17. The lowest BCUT2D eigenvalue weighted by Gasteiger charge is -2.19. The van der Waals surface area contributed by atoms with Crippen molar-refractivity contribution in [1.82, 2.24) is 5.32 Å². The molecule has 0 aliphatic rings. The van der Waals surface area contributed by atoms with Gasteiger partial charge in [0.1, 0.15) is 0 Å². The van der Waals surface area contributed by atoms with Crippen LogP contribution >= 0.6 is 0 Å². The van der Waals surface area contributed by atoms with Crippen LogP contribution in [0.1, 0.15) is 64.2 Å². The molecule has 1 atom stereocenters. The number of aliphatic hydroxyl groups excluding tert-OH is 1. The lowest BCUT2D eigenvalue weighted by molar-refractivity contribution is -0.123. The SMILES string of the molecule is CC(C)c1ccc(C(O)CNC(=O)CC(C)(C)C)cc1. The van der Waals surface area contributed by atoms with Crippen LogP contribution in [0, 0.1) is 5.41 Å². The molecular weight excluding hydrogens is 250 g/mol. The normalized spacial score (nSPS) is 13.3. The molecule has 0 bridgehead atoms. The molecule has 3 nitrogen and oxygen atoms in total. The van der Waals surface area contributed by atoms with Crippen molar-refractivity contribution in [3.8, 4) is 0 Å². The van der Waals surface area contributed by atoms with Gasteiger partial charge in [0.05, 0.1) is 6.10 Å². The van der Waals surface area contributed by atoms with E-state index in [9.17, 15) is 9.90 Å². The highest BCUT2D eigenvalue weighted by Crippen LogP contribution is 2.20. The highest BCUT2D eigenvalue weighted by atomic mass is 16.3. The van der Waals surface area contributed by atoms with Crippen LogP contribution in [0.15, 0.2) is 24.3 Å². The second-order valence-corrected chi connectivity index (χ2v) is 6.88. The van der Waals surface area contributed by atoms with E-state index in [1.165, 1.54) is 5.56 Å². The first-order valence-electron chi connectivity index (χ1n) is 7.23. The topological polar surface area (TPSA) is 49.3 Å². The van der Waals surface area contributed by atoms with Gasteiger partial charge in [0.2, 0.25) is 5.91 Å². The van der Waals surface area contributed by atoms with E-state index >= 15 is 0 Å². The molecule has 0 saturated heterocycles. The van der Waals surface area contributed by atoms with Gasteiger partial charge in [0.15, 0.2) is 0 Å². The van der Waals surface area contributed by atoms with Gasteiger partial charge in [0, 0.05) is 13.0 Å². The zero-order chi connectivity index (χ0) is 15.3. The van der Waals surface area contributed by atoms with Gasteiger partial charge in [-0.2, -0.15) is 0 Å². The number of amides is 1. The number of benzene rings is 1. The van der Waals surface area contributed by atoms with Crippen LogP contribution in [0.3, 0.4) is 0 Å². The summed E-state index contributed by atoms with van der Waals surface area (Å²) in [5, 5.41) is 12.9. The standard InChI is InChI=1S/C17H27NO2/c1-12(2)13-6-8-14(9-7-13)15(19)11-18-16(20)10-17(3,4)5/h6-9,12,15,19H,10-11H2,1-5H3,(H,18,20). The monoisotopic (exact) mass is 277 g/mol. The van der Waals surface area contributed by atoms with Gasteiger partial charge < -0.3 is 10.4 Å². The summed E-state index contributed by atoms with van der Waals surface area (Å²) in [6, 6.07) is 7.91. The summed E-state index contributed by atoms with van der Waals surface area (Å²) >= 11 is 0. The van der Waals surface area contributed by atoms with E-state index < -0.39 is 6.10 Å². The minimum Gasteiger partial charge on any atom is -0.387 e. The van der Waals surface area contributed by atoms with Gasteiger partial charge in [-0.15, -0.1) is 0 Å². The molecule has 0 aliphatic heterocycles. The second-order valence-electron chi connectivity index (χ2n) is 6.88. The van der Waals surface area contributed by atoms with Gasteiger partial charge in [-0.25, -0.2) is 0 Å². The van der Waals surface area contributed by atoms with Crippen LogP contribution in [0.4, 0.5) is 0 Å². The number of carbonyl (C=O) groups is 1. The van der Waals surface area contributed by atoms with E-state index in [0.717, 1.165) is 5.56 Å². The maximum atomic E-state index is 11.7. The zero-order valence-corrected chi connectivity index (χ0v) is 13.2. The molecule has 112 valence electrons. The summed E-state index contributed by atoms with van der Waals surface area (Å²) in [7, 11) is 0. The average molecular weight is 277 g/mol. The van der Waals surface area contributed by atoms with Crippen molar-refractivity contribution in [2.24, 2.45) is 5.41 Å². The summed E-state index contributed by atoms with van der Waals surface area (Å²) in [6.07, 6.45) is -0.188. The molecule has 20 heavy (non-hydrogen) atoms. The smallest absolute Gasteiger partial charge is 0.220 e. The molecular formula is C17H27NO2. The average Bonchev–Trinajstić information content (AvgIpc) is 2.34. The molecule has 0 radical (unpaired) electrons. The van der Waals surface area contributed by atoms with Crippen molar-refractivity contribution in [2.75, 3.05) is 6.54 Å². The molecule has 2 N–H and O–H groups in total. The van der Waals surface area contributed by atoms with Crippen molar-refractivity contribution in [2.45, 2.75) is 53.1 Å². The molecule has 0 saturated carbocycles. The van der Waals surface area contributed by atoms with Crippen molar-refractivity contribution >= 4 is 5.91 Å². The summed E-state index contributed by atoms with van der Waals surface area (Å²) in [5.41, 5.74) is 2.05. The molecule has 0 aliphatic carbocycles. The lowest BCUT2D eigenvalue weighted by Crippen LogP contribution is -2.31. The Morgan fingerprint density at radius 1 is 1.15 bits per heavy atom. The third kappa shape index (κ3) is 5.74. The predicted molar refractivity (Wildman–Crippen MR) is 82.6 cm³/mol. The highest BCUT2D eigenvalue weighted by Gasteiger charge is 2.17. The van der Waals surface area contributed by atoms with Gasteiger partial charge in [-0.05, 0) is 22.5 Å². The van der Waals surface area contributed by atoms with Gasteiger partial charge in [-0.3, -0.25) is 4.79 Å². The lowest BCUT2D eigenvalue weighted by atomic mass is 9.92. The number of carbonyl (C=O) groups excluding carboxylic acids is 1. The molecule has 1 amide bonds. The fraction of sp³-hybridized carbons (Fsp3) is 0.588. The summed E-state index contributed by atoms with van der Waals surface area (Å²) < 4.78 is 0. The van der Waals surface area contributed by atoms with Crippen molar-refractivity contribution in [3.63, 3.8) is 0 Å². The molecule has 1 aromatic rings. The van der Waals surface area contributed by atoms with Gasteiger partial charge in [-0.1, -0.05) is 58.9 Å². The van der Waals surface area contributed by atoms with E-state index in [2.05, 4.69) is 19.2 Å². The van der Waals surface area contributed by atoms with Crippen LogP contribution in [0.25, 0.3) is 0 Å². The van der Waals surface area contributed by atoms with Crippen LogP contribution in [0.5, 0.6) is 0 Å². The highest BCUT2D eigenvalue weighted by molar-refractivity contribution is 5.76. The quantitative estimate of drug-likeness (QED) is 0.866. The Morgan fingerprint density at radius 2 is 1.65 bits per heavy atom. The minimum atomic E-state index is -0.653. The number of hydrogen-bond donors (Lipinski definition) is 2. The van der Waals surface area contributed by atoms with Crippen LogP contribution in [-0.2, 0) is 4.79 Å². The van der Waals surface area contributed by atoms with Crippen molar-refractivity contribution < 1.29 is 9.90 Å². The van der Waals surface area contributed by atoms with Crippen LogP contribution < -0.4 is 5.32 Å². The molecule has 0 aromatic heterocycles. The second kappa shape index (κ2) is 6.89. The van der Waals surface area contributed by atoms with Crippen LogP contribution in [-0.4, -0.2) is 17.6 Å². The molecule has 0 heterocycles. The third-order valence-corrected chi connectivity index (χ3v) is 3.17. The van der Waals surface area contributed by atoms with E-state index in [-0.39, 0.29) is 17.9 Å². The summed E-state index contributed by atoms with van der Waals surface area (Å²) in [4.78, 5) is 11.7. The Bertz CT molecular complexity index is 429. The Labute approximate surface area is 122 Å². The van der Waals surface area contributed by atoms with Crippen molar-refractivity contribution in [1.29, 1.82) is 0 Å². The Morgan fingerprint density at radius 3 is 2.10 bits per heavy atom. The maximum Gasteiger partial charge on any atom is 0.220 e. The summed E-state index contributed by atoms with van der Waals surface area (Å²) in [6.45, 7) is 10.6. The van der Waals surface area contributed by atoms with E-state index in [4.69, 9.17) is 0 Å². The Hall–Kier alpha value is -1.35. The molecule has 1 unspecified atom stereocenters. The fourth-order valence-electron chi connectivity index (χ4n) is 1.98. The largest absolute Gasteiger partial charge is 0.387 e. The molecule has 0 spiro atoms. The van der Waals surface area contributed by atoms with Gasteiger partial charge in [0.25, 0.3) is 0 Å². The van der Waals surface area contributed by atoms with E-state index in [0.29, 0.717) is 12.3 Å². The Balaban J connectivity index is 2.50. The molecule has 1 rings (SSSR count). The number of nitrogens with one attached hydrogen (secondary N) is 1. The van der Waals surface area contributed by atoms with Gasteiger partial charge >= 0.3 is 0 Å². The fourth-order valence-corrected chi connectivity index (χ4v) is 1.98. The van der Waals surface area contributed by atoms with Crippen molar-refractivity contribution in [3.05, 3.63) is 35.4 Å².